The highest BCUT2D eigenvalue weighted by Crippen LogP contribution is 2.35. The van der Waals surface area contributed by atoms with Crippen molar-refractivity contribution < 1.29 is 22.4 Å². The van der Waals surface area contributed by atoms with Gasteiger partial charge in [0.05, 0.1) is 27.0 Å². The van der Waals surface area contributed by atoms with Gasteiger partial charge in [0.2, 0.25) is 21.8 Å². The third kappa shape index (κ3) is 9.07. The predicted molar refractivity (Wildman–Crippen MR) is 162 cm³/mol. The van der Waals surface area contributed by atoms with Crippen LogP contribution in [-0.4, -0.2) is 49.5 Å². The Balaban J connectivity index is 2.13. The Hall–Kier alpha value is -2.85. The number of nitrogens with zero attached hydrogens (tertiary/aromatic N) is 2. The Morgan fingerprint density at radius 3 is 2.10 bits per heavy atom. The van der Waals surface area contributed by atoms with Crippen LogP contribution in [0.2, 0.25) is 15.1 Å². The SMILES string of the molecule is CC(C)(C)NC(=O)[C@@H](Cc1ccccc1)N(Cc1ccccc1F)C(=O)CN(c1cc(Cl)c(Cl)cc1Cl)S(C)(=O)=O. The van der Waals surface area contributed by atoms with E-state index in [1.807, 2.05) is 6.07 Å². The minimum atomic E-state index is -4.09. The number of carbonyl (C=O) groups excluding carboxylic acids is 2. The average Bonchev–Trinajstić information content (AvgIpc) is 2.87. The summed E-state index contributed by atoms with van der Waals surface area (Å²) in [7, 11) is -4.09. The third-order valence-electron chi connectivity index (χ3n) is 6.01. The molecule has 7 nitrogen and oxygen atoms in total. The number of anilines is 1. The van der Waals surface area contributed by atoms with Crippen LogP contribution in [0.4, 0.5) is 10.1 Å². The molecule has 0 radical (unpaired) electrons. The molecule has 3 rings (SSSR count). The lowest BCUT2D eigenvalue weighted by Gasteiger charge is -2.35. The van der Waals surface area contributed by atoms with E-state index in [0.29, 0.717) is 0 Å². The van der Waals surface area contributed by atoms with Crippen LogP contribution in [0.1, 0.15) is 31.9 Å². The molecule has 0 bridgehead atoms. The van der Waals surface area contributed by atoms with Crippen LogP contribution < -0.4 is 9.62 Å². The van der Waals surface area contributed by atoms with Gasteiger partial charge in [-0.25, -0.2) is 12.8 Å². The molecule has 3 aromatic carbocycles. The van der Waals surface area contributed by atoms with E-state index in [4.69, 9.17) is 34.8 Å². The Bertz CT molecular complexity index is 1520. The van der Waals surface area contributed by atoms with Crippen LogP contribution in [0.5, 0.6) is 0 Å². The number of rotatable bonds is 10. The molecule has 0 fully saturated rings. The largest absolute Gasteiger partial charge is 0.350 e. The van der Waals surface area contributed by atoms with Crippen molar-refractivity contribution in [3.8, 4) is 0 Å². The van der Waals surface area contributed by atoms with E-state index in [0.717, 1.165) is 16.1 Å². The Labute approximate surface area is 255 Å². The summed E-state index contributed by atoms with van der Waals surface area (Å²) in [5, 5.41) is 2.98. The van der Waals surface area contributed by atoms with Crippen molar-refractivity contribution in [1.29, 1.82) is 0 Å². The lowest BCUT2D eigenvalue weighted by atomic mass is 10.0. The lowest BCUT2D eigenvalue weighted by molar-refractivity contribution is -0.140. The van der Waals surface area contributed by atoms with Crippen LogP contribution >= 0.6 is 34.8 Å². The molecule has 0 heterocycles. The number of amides is 2. The Morgan fingerprint density at radius 1 is 0.927 bits per heavy atom. The molecule has 3 aromatic rings. The summed E-state index contributed by atoms with van der Waals surface area (Å²) in [6, 6.07) is 16.3. The van der Waals surface area contributed by atoms with Crippen LogP contribution in [0, 0.1) is 5.82 Å². The summed E-state index contributed by atoms with van der Waals surface area (Å²) < 4.78 is 41.5. The molecule has 2 amide bonds. The molecule has 220 valence electrons. The quantitative estimate of drug-likeness (QED) is 0.271. The van der Waals surface area contributed by atoms with E-state index < -0.39 is 45.8 Å². The van der Waals surface area contributed by atoms with Gasteiger partial charge in [-0.3, -0.25) is 13.9 Å². The van der Waals surface area contributed by atoms with Gasteiger partial charge in [0.25, 0.3) is 0 Å². The second-order valence-corrected chi connectivity index (χ2v) is 13.7. The van der Waals surface area contributed by atoms with E-state index in [-0.39, 0.29) is 39.3 Å². The molecule has 0 saturated carbocycles. The van der Waals surface area contributed by atoms with Gasteiger partial charge >= 0.3 is 0 Å². The lowest BCUT2D eigenvalue weighted by Crippen LogP contribution is -2.56. The van der Waals surface area contributed by atoms with Crippen molar-refractivity contribution in [2.24, 2.45) is 0 Å². The van der Waals surface area contributed by atoms with Crippen LogP contribution in [0.25, 0.3) is 0 Å². The van der Waals surface area contributed by atoms with Gasteiger partial charge in [0.1, 0.15) is 18.4 Å². The minimum absolute atomic E-state index is 0.0295. The van der Waals surface area contributed by atoms with Crippen LogP contribution in [0.3, 0.4) is 0 Å². The monoisotopic (exact) mass is 641 g/mol. The number of sulfonamides is 1. The molecule has 0 saturated heterocycles. The molecule has 41 heavy (non-hydrogen) atoms. The maximum Gasteiger partial charge on any atom is 0.244 e. The molecule has 0 spiro atoms. The summed E-state index contributed by atoms with van der Waals surface area (Å²) in [5.74, 6) is -1.82. The highest BCUT2D eigenvalue weighted by atomic mass is 35.5. The van der Waals surface area contributed by atoms with Crippen molar-refractivity contribution in [3.05, 3.63) is 98.7 Å². The van der Waals surface area contributed by atoms with E-state index in [9.17, 15) is 22.4 Å². The molecular formula is C29H31Cl3FN3O4S. The van der Waals surface area contributed by atoms with E-state index in [2.05, 4.69) is 5.32 Å². The number of carbonyl (C=O) groups is 2. The molecule has 12 heteroatoms. The number of halogens is 4. The second kappa shape index (κ2) is 13.4. The summed E-state index contributed by atoms with van der Waals surface area (Å²) in [6.07, 6.45) is 1.00. The molecular weight excluding hydrogens is 612 g/mol. The molecule has 0 aliphatic carbocycles. The summed E-state index contributed by atoms with van der Waals surface area (Å²) >= 11 is 18.5. The van der Waals surface area contributed by atoms with Crippen molar-refractivity contribution in [2.45, 2.75) is 45.3 Å². The zero-order chi connectivity index (χ0) is 30.5. The fourth-order valence-electron chi connectivity index (χ4n) is 4.11. The van der Waals surface area contributed by atoms with Crippen LogP contribution in [-0.2, 0) is 32.6 Å². The molecule has 0 unspecified atom stereocenters. The fraction of sp³-hybridized carbons (Fsp3) is 0.310. The van der Waals surface area contributed by atoms with Gasteiger partial charge < -0.3 is 10.2 Å². The first kappa shape index (κ1) is 32.7. The maximum atomic E-state index is 14.8. The standard InChI is InChI=1S/C29H31Cl3FN3O4S/c1-29(2,3)34-28(38)26(14-19-10-6-5-7-11-19)35(17-20-12-8-9-13-24(20)33)27(37)18-36(41(4,39)40)25-16-22(31)21(30)15-23(25)32/h5-13,15-16,26H,14,17-18H2,1-4H3,(H,34,38)/t26-/m1/s1. The van der Waals surface area contributed by atoms with Gasteiger partial charge in [0, 0.05) is 24.1 Å². The topological polar surface area (TPSA) is 86.8 Å². The highest BCUT2D eigenvalue weighted by Gasteiger charge is 2.35. The summed E-state index contributed by atoms with van der Waals surface area (Å²) in [5.41, 5.74) is 0.188. The molecule has 0 aromatic heterocycles. The maximum absolute atomic E-state index is 14.8. The fourth-order valence-corrected chi connectivity index (χ4v) is 5.66. The smallest absolute Gasteiger partial charge is 0.244 e. The number of nitrogens with one attached hydrogen (secondary N) is 1. The van der Waals surface area contributed by atoms with Crippen molar-refractivity contribution >= 4 is 62.3 Å². The van der Waals surface area contributed by atoms with Gasteiger partial charge in [-0.15, -0.1) is 0 Å². The van der Waals surface area contributed by atoms with E-state index in [1.165, 1.54) is 35.2 Å². The molecule has 0 aliphatic rings. The molecule has 0 aliphatic heterocycles. The van der Waals surface area contributed by atoms with Gasteiger partial charge in [-0.2, -0.15) is 0 Å². The summed E-state index contributed by atoms with van der Waals surface area (Å²) in [6.45, 7) is 4.35. The van der Waals surface area contributed by atoms with Gasteiger partial charge in [-0.1, -0.05) is 83.3 Å². The number of hydrogen-bond acceptors (Lipinski definition) is 4. The first-order valence-corrected chi connectivity index (χ1v) is 15.6. The minimum Gasteiger partial charge on any atom is -0.350 e. The van der Waals surface area contributed by atoms with Gasteiger partial charge in [0.15, 0.2) is 0 Å². The number of benzene rings is 3. The van der Waals surface area contributed by atoms with Crippen LogP contribution in [0.15, 0.2) is 66.7 Å². The van der Waals surface area contributed by atoms with E-state index >= 15 is 0 Å². The first-order valence-electron chi connectivity index (χ1n) is 12.6. The normalized spacial score (nSPS) is 12.5. The average molecular weight is 643 g/mol. The van der Waals surface area contributed by atoms with Gasteiger partial charge in [-0.05, 0) is 44.5 Å². The molecule has 1 atom stereocenters. The zero-order valence-electron chi connectivity index (χ0n) is 23.0. The Kier molecular flexibility index (Phi) is 10.7. The highest BCUT2D eigenvalue weighted by molar-refractivity contribution is 7.92. The summed E-state index contributed by atoms with van der Waals surface area (Å²) in [4.78, 5) is 28.9. The predicted octanol–water partition coefficient (Wildman–Crippen LogP) is 6.11. The van der Waals surface area contributed by atoms with Crippen molar-refractivity contribution in [2.75, 3.05) is 17.1 Å². The number of hydrogen-bond donors (Lipinski definition) is 1. The zero-order valence-corrected chi connectivity index (χ0v) is 26.1. The Morgan fingerprint density at radius 2 is 1.51 bits per heavy atom. The third-order valence-corrected chi connectivity index (χ3v) is 8.16. The molecule has 1 N–H and O–H groups in total. The first-order chi connectivity index (χ1) is 19.1. The van der Waals surface area contributed by atoms with Crippen molar-refractivity contribution in [3.63, 3.8) is 0 Å². The van der Waals surface area contributed by atoms with E-state index in [1.54, 1.807) is 51.1 Å². The second-order valence-electron chi connectivity index (χ2n) is 10.5. The van der Waals surface area contributed by atoms with Crippen molar-refractivity contribution in [1.82, 2.24) is 10.2 Å².